The molecule has 0 unspecified atom stereocenters. The zero-order valence-corrected chi connectivity index (χ0v) is 13.1. The quantitative estimate of drug-likeness (QED) is 0.457. The van der Waals surface area contributed by atoms with Crippen LogP contribution in [0.3, 0.4) is 0 Å². The fourth-order valence-corrected chi connectivity index (χ4v) is 3.08. The Morgan fingerprint density at radius 3 is 2.95 bits per heavy atom. The molecule has 0 aliphatic rings. The number of hydrogen-bond acceptors (Lipinski definition) is 5. The molecule has 2 aromatic rings. The van der Waals surface area contributed by atoms with Crippen molar-refractivity contribution in [3.63, 3.8) is 0 Å². The van der Waals surface area contributed by atoms with E-state index in [0.717, 1.165) is 34.3 Å². The number of hydrogen-bond donors (Lipinski definition) is 0. The predicted molar refractivity (Wildman–Crippen MR) is 86.6 cm³/mol. The number of allylic oxidation sites excluding steroid dienone is 2. The number of aromatic nitrogens is 2. The Morgan fingerprint density at radius 2 is 2.24 bits per heavy atom. The van der Waals surface area contributed by atoms with E-state index in [1.54, 1.807) is 6.92 Å². The molecular weight excluding hydrogens is 284 g/mol. The molecule has 21 heavy (non-hydrogen) atoms. The molecule has 0 spiro atoms. The molecule has 0 amide bonds. The number of ether oxygens (including phenoxy) is 1. The lowest BCUT2D eigenvalue weighted by Crippen LogP contribution is -2.03. The second-order valence-electron chi connectivity index (χ2n) is 4.48. The molecule has 0 saturated carbocycles. The summed E-state index contributed by atoms with van der Waals surface area (Å²) in [6, 6.07) is 0. The molecule has 2 aromatic heterocycles. The summed E-state index contributed by atoms with van der Waals surface area (Å²) < 4.78 is 5.09. The normalized spacial score (nSPS) is 11.1. The molecule has 0 aliphatic heterocycles. The molecule has 0 N–H and O–H groups in total. The van der Waals surface area contributed by atoms with Gasteiger partial charge in [-0.2, -0.15) is 0 Å². The van der Waals surface area contributed by atoms with Crippen molar-refractivity contribution in [2.45, 2.75) is 26.7 Å². The van der Waals surface area contributed by atoms with Crippen molar-refractivity contribution >= 4 is 33.6 Å². The van der Waals surface area contributed by atoms with Crippen molar-refractivity contribution < 1.29 is 9.53 Å². The summed E-state index contributed by atoms with van der Waals surface area (Å²) in [6.45, 7) is 7.78. The van der Waals surface area contributed by atoms with E-state index >= 15 is 0 Å². The molecule has 2 heterocycles. The minimum atomic E-state index is -0.292. The molecule has 2 rings (SSSR count). The molecule has 0 aliphatic carbocycles. The maximum Gasteiger partial charge on any atom is 0.348 e. The Morgan fingerprint density at radius 1 is 1.43 bits per heavy atom. The van der Waals surface area contributed by atoms with Crippen LogP contribution in [-0.4, -0.2) is 22.5 Å². The van der Waals surface area contributed by atoms with Gasteiger partial charge in [0.05, 0.1) is 12.3 Å². The first-order valence-electron chi connectivity index (χ1n) is 6.87. The van der Waals surface area contributed by atoms with Gasteiger partial charge in [0.15, 0.2) is 0 Å². The van der Waals surface area contributed by atoms with Gasteiger partial charge in [-0.05, 0) is 38.3 Å². The molecule has 0 bridgehead atoms. The Labute approximate surface area is 128 Å². The topological polar surface area (TPSA) is 52.1 Å². The third-order valence-corrected chi connectivity index (χ3v) is 4.21. The van der Waals surface area contributed by atoms with Gasteiger partial charge >= 0.3 is 5.97 Å². The summed E-state index contributed by atoms with van der Waals surface area (Å²) in [5.74, 6) is -0.292. The Kier molecular flexibility index (Phi) is 5.22. The van der Waals surface area contributed by atoms with Gasteiger partial charge < -0.3 is 4.74 Å². The van der Waals surface area contributed by atoms with E-state index in [2.05, 4.69) is 22.6 Å². The lowest BCUT2D eigenvalue weighted by Gasteiger charge is -2.00. The Balaban J connectivity index is 2.42. The van der Waals surface area contributed by atoms with E-state index in [-0.39, 0.29) is 5.97 Å². The number of aryl methyl sites for hydroxylation is 1. The van der Waals surface area contributed by atoms with Gasteiger partial charge in [0.1, 0.15) is 16.0 Å². The average Bonchev–Trinajstić information content (AvgIpc) is 2.82. The van der Waals surface area contributed by atoms with Gasteiger partial charge in [0.25, 0.3) is 0 Å². The van der Waals surface area contributed by atoms with Crippen LogP contribution >= 0.6 is 11.3 Å². The highest BCUT2D eigenvalue weighted by atomic mass is 32.1. The number of rotatable bonds is 6. The molecule has 0 saturated heterocycles. The van der Waals surface area contributed by atoms with Gasteiger partial charge in [-0.25, -0.2) is 14.8 Å². The standard InChI is InChI=1S/C16H18N2O2S/c1-4-6-7-8-9-12-13-11(3)14(16(19)20-5-2)21-15(13)18-10-17-12/h4,8-10H,1,5-7H2,2-3H3/b9-8+. The highest BCUT2D eigenvalue weighted by Gasteiger charge is 2.19. The SMILES string of the molecule is C=CCC/C=C/c1ncnc2sc(C(=O)OCC)c(C)c12. The van der Waals surface area contributed by atoms with E-state index < -0.39 is 0 Å². The van der Waals surface area contributed by atoms with Crippen molar-refractivity contribution in [1.29, 1.82) is 0 Å². The van der Waals surface area contributed by atoms with Gasteiger partial charge in [0, 0.05) is 5.39 Å². The Hall–Kier alpha value is -2.01. The van der Waals surface area contributed by atoms with E-state index in [1.807, 2.05) is 19.1 Å². The van der Waals surface area contributed by atoms with Crippen LogP contribution in [0.25, 0.3) is 16.3 Å². The van der Waals surface area contributed by atoms with Crippen molar-refractivity contribution in [1.82, 2.24) is 9.97 Å². The molecule has 5 heteroatoms. The molecule has 0 aromatic carbocycles. The number of esters is 1. The first kappa shape index (κ1) is 15.4. The van der Waals surface area contributed by atoms with Crippen molar-refractivity contribution in [2.24, 2.45) is 0 Å². The van der Waals surface area contributed by atoms with Gasteiger partial charge in [-0.3, -0.25) is 0 Å². The van der Waals surface area contributed by atoms with Crippen LogP contribution in [0.4, 0.5) is 0 Å². The van der Waals surface area contributed by atoms with Crippen molar-refractivity contribution in [2.75, 3.05) is 6.61 Å². The largest absolute Gasteiger partial charge is 0.462 e. The summed E-state index contributed by atoms with van der Waals surface area (Å²) >= 11 is 1.35. The number of carbonyl (C=O) groups is 1. The van der Waals surface area contributed by atoms with Gasteiger partial charge in [-0.15, -0.1) is 17.9 Å². The minimum Gasteiger partial charge on any atom is -0.462 e. The summed E-state index contributed by atoms with van der Waals surface area (Å²) in [5.41, 5.74) is 1.73. The maximum absolute atomic E-state index is 12.0. The third-order valence-electron chi connectivity index (χ3n) is 3.03. The zero-order chi connectivity index (χ0) is 15.2. The van der Waals surface area contributed by atoms with Crippen LogP contribution in [0.5, 0.6) is 0 Å². The molecule has 4 nitrogen and oxygen atoms in total. The summed E-state index contributed by atoms with van der Waals surface area (Å²) in [7, 11) is 0. The highest BCUT2D eigenvalue weighted by Crippen LogP contribution is 2.32. The van der Waals surface area contributed by atoms with Crippen molar-refractivity contribution in [3.05, 3.63) is 41.2 Å². The predicted octanol–water partition coefficient (Wildman–Crippen LogP) is 4.16. The fraction of sp³-hybridized carbons (Fsp3) is 0.312. The summed E-state index contributed by atoms with van der Waals surface area (Å²) in [5, 5.41) is 0.931. The number of nitrogens with zero attached hydrogens (tertiary/aromatic N) is 2. The zero-order valence-electron chi connectivity index (χ0n) is 12.3. The van der Waals surface area contributed by atoms with E-state index in [9.17, 15) is 4.79 Å². The lowest BCUT2D eigenvalue weighted by atomic mass is 10.1. The van der Waals surface area contributed by atoms with Crippen LogP contribution in [-0.2, 0) is 4.74 Å². The monoisotopic (exact) mass is 302 g/mol. The average molecular weight is 302 g/mol. The molecule has 0 atom stereocenters. The van der Waals surface area contributed by atoms with Gasteiger partial charge in [-0.1, -0.05) is 12.2 Å². The van der Waals surface area contributed by atoms with Crippen LogP contribution in [0, 0.1) is 6.92 Å². The second kappa shape index (κ2) is 7.13. The summed E-state index contributed by atoms with van der Waals surface area (Å²) in [4.78, 5) is 21.9. The number of unbranched alkanes of at least 4 members (excludes halogenated alkanes) is 1. The van der Waals surface area contributed by atoms with Crippen LogP contribution in [0.15, 0.2) is 25.1 Å². The van der Waals surface area contributed by atoms with Crippen LogP contribution < -0.4 is 0 Å². The Bertz CT molecular complexity index is 689. The maximum atomic E-state index is 12.0. The van der Waals surface area contributed by atoms with Crippen LogP contribution in [0.2, 0.25) is 0 Å². The van der Waals surface area contributed by atoms with Crippen molar-refractivity contribution in [3.8, 4) is 0 Å². The first-order chi connectivity index (χ1) is 10.2. The lowest BCUT2D eigenvalue weighted by molar-refractivity contribution is 0.0531. The van der Waals surface area contributed by atoms with E-state index in [0.29, 0.717) is 11.5 Å². The second-order valence-corrected chi connectivity index (χ2v) is 5.48. The molecule has 0 radical (unpaired) electrons. The first-order valence-corrected chi connectivity index (χ1v) is 7.69. The third kappa shape index (κ3) is 3.36. The molecule has 0 fully saturated rings. The smallest absolute Gasteiger partial charge is 0.348 e. The fourth-order valence-electron chi connectivity index (χ4n) is 2.03. The number of thiophene rings is 1. The summed E-state index contributed by atoms with van der Waals surface area (Å²) in [6.07, 6.45) is 9.30. The highest BCUT2D eigenvalue weighted by molar-refractivity contribution is 7.20. The number of carbonyl (C=O) groups excluding carboxylic acids is 1. The molecular formula is C16H18N2O2S. The number of fused-ring (bicyclic) bond motifs is 1. The molecule has 110 valence electrons. The van der Waals surface area contributed by atoms with Gasteiger partial charge in [0.2, 0.25) is 0 Å². The van der Waals surface area contributed by atoms with Crippen LogP contribution in [0.1, 0.15) is 40.7 Å². The van der Waals surface area contributed by atoms with E-state index in [1.165, 1.54) is 17.7 Å². The minimum absolute atomic E-state index is 0.292. The van der Waals surface area contributed by atoms with E-state index in [4.69, 9.17) is 4.74 Å².